The second kappa shape index (κ2) is 5.03. The highest BCUT2D eigenvalue weighted by Gasteiger charge is 2.38. The molecule has 0 aromatic heterocycles. The topological polar surface area (TPSA) is 72.6 Å². The van der Waals surface area contributed by atoms with Crippen molar-refractivity contribution in [2.75, 3.05) is 17.7 Å². The van der Waals surface area contributed by atoms with E-state index in [9.17, 15) is 9.59 Å². The number of nitrogen functional groups attached to an aromatic ring is 1. The number of ether oxygens (including phenoxy) is 1. The van der Waals surface area contributed by atoms with Gasteiger partial charge in [-0.2, -0.15) is 0 Å². The number of benzene rings is 2. The molecule has 106 valence electrons. The van der Waals surface area contributed by atoms with Gasteiger partial charge in [0.05, 0.1) is 23.4 Å². The van der Waals surface area contributed by atoms with Crippen LogP contribution in [0.2, 0.25) is 0 Å². The number of hydrogen-bond acceptors (Lipinski definition) is 4. The number of carbonyl (C=O) groups is 2. The summed E-state index contributed by atoms with van der Waals surface area (Å²) in [5, 5.41) is 0. The predicted octanol–water partition coefficient (Wildman–Crippen LogP) is 2.22. The Labute approximate surface area is 121 Å². The van der Waals surface area contributed by atoms with E-state index in [2.05, 4.69) is 0 Å². The Kier molecular flexibility index (Phi) is 3.19. The Hall–Kier alpha value is -2.66. The zero-order chi connectivity index (χ0) is 15.0. The van der Waals surface area contributed by atoms with Crippen molar-refractivity contribution in [3.63, 3.8) is 0 Å². The average Bonchev–Trinajstić information content (AvgIpc) is 2.73. The standard InChI is InChI=1S/C16H14N2O3/c1-21-9-10-5-2-3-8-13(10)18-15(19)11-6-4-7-12(17)14(11)16(18)20/h2-8H,9,17H2,1H3. The summed E-state index contributed by atoms with van der Waals surface area (Å²) in [7, 11) is 1.57. The van der Waals surface area contributed by atoms with Crippen molar-refractivity contribution in [2.24, 2.45) is 0 Å². The maximum Gasteiger partial charge on any atom is 0.268 e. The molecule has 3 rings (SSSR count). The second-order valence-electron chi connectivity index (χ2n) is 4.78. The molecule has 0 aliphatic carbocycles. The molecule has 2 aromatic rings. The van der Waals surface area contributed by atoms with E-state index in [0.717, 1.165) is 10.5 Å². The van der Waals surface area contributed by atoms with Gasteiger partial charge in [-0.05, 0) is 18.2 Å². The zero-order valence-corrected chi connectivity index (χ0v) is 11.5. The van der Waals surface area contributed by atoms with E-state index in [4.69, 9.17) is 10.5 Å². The molecule has 2 amide bonds. The molecular weight excluding hydrogens is 268 g/mol. The number of amides is 2. The smallest absolute Gasteiger partial charge is 0.268 e. The summed E-state index contributed by atoms with van der Waals surface area (Å²) in [6, 6.07) is 12.1. The SMILES string of the molecule is COCc1ccccc1N1C(=O)c2cccc(N)c2C1=O. The molecule has 1 aliphatic rings. The van der Waals surface area contributed by atoms with Crippen molar-refractivity contribution in [1.82, 2.24) is 0 Å². The number of methoxy groups -OCH3 is 1. The molecule has 0 saturated heterocycles. The van der Waals surface area contributed by atoms with Crippen LogP contribution in [0.1, 0.15) is 26.3 Å². The minimum absolute atomic E-state index is 0.273. The van der Waals surface area contributed by atoms with Crippen molar-refractivity contribution in [2.45, 2.75) is 6.61 Å². The molecule has 2 N–H and O–H groups in total. The maximum atomic E-state index is 12.6. The molecule has 0 saturated carbocycles. The molecule has 21 heavy (non-hydrogen) atoms. The lowest BCUT2D eigenvalue weighted by molar-refractivity contribution is 0.0925. The number of rotatable bonds is 3. The van der Waals surface area contributed by atoms with Crippen LogP contribution in [-0.2, 0) is 11.3 Å². The summed E-state index contributed by atoms with van der Waals surface area (Å²) in [5.41, 5.74) is 8.07. The van der Waals surface area contributed by atoms with Gasteiger partial charge in [-0.3, -0.25) is 9.59 Å². The Balaban J connectivity index is 2.13. The number of carbonyl (C=O) groups excluding carboxylic acids is 2. The number of hydrogen-bond donors (Lipinski definition) is 1. The summed E-state index contributed by atoms with van der Waals surface area (Å²) in [5.74, 6) is -0.748. The van der Waals surface area contributed by atoms with Gasteiger partial charge in [0.1, 0.15) is 0 Å². The fourth-order valence-corrected chi connectivity index (χ4v) is 2.54. The van der Waals surface area contributed by atoms with E-state index in [1.54, 1.807) is 37.4 Å². The molecule has 0 spiro atoms. The second-order valence-corrected chi connectivity index (χ2v) is 4.78. The quantitative estimate of drug-likeness (QED) is 0.692. The van der Waals surface area contributed by atoms with Gasteiger partial charge in [-0.15, -0.1) is 0 Å². The number of anilines is 2. The van der Waals surface area contributed by atoms with E-state index < -0.39 is 5.91 Å². The first-order valence-corrected chi connectivity index (χ1v) is 6.49. The van der Waals surface area contributed by atoms with Crippen LogP contribution in [0.15, 0.2) is 42.5 Å². The van der Waals surface area contributed by atoms with Crippen molar-refractivity contribution >= 4 is 23.2 Å². The fraction of sp³-hybridized carbons (Fsp3) is 0.125. The van der Waals surface area contributed by atoms with Gasteiger partial charge in [-0.1, -0.05) is 24.3 Å². The monoisotopic (exact) mass is 282 g/mol. The summed E-state index contributed by atoms with van der Waals surface area (Å²) in [4.78, 5) is 26.3. The molecule has 0 radical (unpaired) electrons. The van der Waals surface area contributed by atoms with Gasteiger partial charge in [0, 0.05) is 18.4 Å². The molecule has 1 aliphatic heterocycles. The predicted molar refractivity (Wildman–Crippen MR) is 79.1 cm³/mol. The van der Waals surface area contributed by atoms with Crippen molar-refractivity contribution in [1.29, 1.82) is 0 Å². The van der Waals surface area contributed by atoms with Gasteiger partial charge in [0.2, 0.25) is 0 Å². The summed E-state index contributed by atoms with van der Waals surface area (Å²) < 4.78 is 5.13. The number of nitrogens with zero attached hydrogens (tertiary/aromatic N) is 1. The Morgan fingerprint density at radius 2 is 1.81 bits per heavy atom. The molecular formula is C16H14N2O3. The highest BCUT2D eigenvalue weighted by atomic mass is 16.5. The third kappa shape index (κ3) is 1.98. The molecule has 5 nitrogen and oxygen atoms in total. The molecule has 1 heterocycles. The molecule has 0 unspecified atom stereocenters. The van der Waals surface area contributed by atoms with Gasteiger partial charge < -0.3 is 10.5 Å². The first kappa shape index (κ1) is 13.3. The lowest BCUT2D eigenvalue weighted by atomic mass is 10.1. The summed E-state index contributed by atoms with van der Waals surface area (Å²) >= 11 is 0. The first-order valence-electron chi connectivity index (χ1n) is 6.49. The van der Waals surface area contributed by atoms with Gasteiger partial charge >= 0.3 is 0 Å². The largest absolute Gasteiger partial charge is 0.398 e. The number of fused-ring (bicyclic) bond motifs is 1. The molecule has 5 heteroatoms. The van der Waals surface area contributed by atoms with Crippen LogP contribution >= 0.6 is 0 Å². The maximum absolute atomic E-state index is 12.6. The Bertz CT molecular complexity index is 740. The van der Waals surface area contributed by atoms with Crippen LogP contribution in [0, 0.1) is 0 Å². The van der Waals surface area contributed by atoms with Gasteiger partial charge in [-0.25, -0.2) is 4.90 Å². The van der Waals surface area contributed by atoms with E-state index in [1.165, 1.54) is 0 Å². The molecule has 0 atom stereocenters. The van der Waals surface area contributed by atoms with E-state index in [0.29, 0.717) is 23.5 Å². The van der Waals surface area contributed by atoms with Crippen molar-refractivity contribution in [3.05, 3.63) is 59.2 Å². The van der Waals surface area contributed by atoms with Crippen LogP contribution in [-0.4, -0.2) is 18.9 Å². The van der Waals surface area contributed by atoms with Crippen molar-refractivity contribution < 1.29 is 14.3 Å². The highest BCUT2D eigenvalue weighted by Crippen LogP contribution is 2.33. The minimum atomic E-state index is -0.392. The third-order valence-corrected chi connectivity index (χ3v) is 3.48. The van der Waals surface area contributed by atoms with E-state index >= 15 is 0 Å². The first-order chi connectivity index (χ1) is 10.1. The Morgan fingerprint density at radius 1 is 1.05 bits per heavy atom. The van der Waals surface area contributed by atoms with Gasteiger partial charge in [0.25, 0.3) is 11.8 Å². The van der Waals surface area contributed by atoms with Crippen LogP contribution < -0.4 is 10.6 Å². The number of imide groups is 1. The average molecular weight is 282 g/mol. The lowest BCUT2D eigenvalue weighted by Gasteiger charge is -2.17. The van der Waals surface area contributed by atoms with Crippen LogP contribution in [0.25, 0.3) is 0 Å². The van der Waals surface area contributed by atoms with E-state index in [-0.39, 0.29) is 11.5 Å². The van der Waals surface area contributed by atoms with Gasteiger partial charge in [0.15, 0.2) is 0 Å². The van der Waals surface area contributed by atoms with Crippen LogP contribution in [0.4, 0.5) is 11.4 Å². The highest BCUT2D eigenvalue weighted by molar-refractivity contribution is 6.36. The Morgan fingerprint density at radius 3 is 2.52 bits per heavy atom. The van der Waals surface area contributed by atoms with Crippen molar-refractivity contribution in [3.8, 4) is 0 Å². The lowest BCUT2D eigenvalue weighted by Crippen LogP contribution is -2.30. The third-order valence-electron chi connectivity index (χ3n) is 3.48. The number of nitrogens with two attached hydrogens (primary N) is 1. The van der Waals surface area contributed by atoms with Crippen LogP contribution in [0.5, 0.6) is 0 Å². The molecule has 0 bridgehead atoms. The zero-order valence-electron chi connectivity index (χ0n) is 11.5. The summed E-state index contributed by atoms with van der Waals surface area (Å²) in [6.07, 6.45) is 0. The molecule has 2 aromatic carbocycles. The number of para-hydroxylation sites is 1. The van der Waals surface area contributed by atoms with E-state index in [1.807, 2.05) is 12.1 Å². The minimum Gasteiger partial charge on any atom is -0.398 e. The fourth-order valence-electron chi connectivity index (χ4n) is 2.54. The normalized spacial score (nSPS) is 13.7. The van der Waals surface area contributed by atoms with Crippen LogP contribution in [0.3, 0.4) is 0 Å². The summed E-state index contributed by atoms with van der Waals surface area (Å²) in [6.45, 7) is 0.319. The molecule has 0 fully saturated rings.